The van der Waals surface area contributed by atoms with E-state index in [0.717, 1.165) is 16.7 Å². The summed E-state index contributed by atoms with van der Waals surface area (Å²) in [5.41, 5.74) is 1.32. The third-order valence-corrected chi connectivity index (χ3v) is 4.72. The molecule has 0 saturated carbocycles. The van der Waals surface area contributed by atoms with E-state index in [2.05, 4.69) is 4.72 Å². The molecule has 0 aliphatic heterocycles. The summed E-state index contributed by atoms with van der Waals surface area (Å²) in [4.78, 5) is 15.2. The number of likely N-dealkylation sites (N-methyl/N-ethyl adjacent to an activating group) is 1. The molecule has 1 aromatic carbocycles. The second kappa shape index (κ2) is 8.12. The van der Waals surface area contributed by atoms with Gasteiger partial charge in [-0.2, -0.15) is 0 Å². The SMILES string of the molecule is CCN(Cc1cccs1)C(=O)/C=C/c1ccc(NS(C)(=O)=O)cc1. The zero-order valence-corrected chi connectivity index (χ0v) is 15.2. The summed E-state index contributed by atoms with van der Waals surface area (Å²) >= 11 is 1.63. The fourth-order valence-electron chi connectivity index (χ4n) is 2.09. The van der Waals surface area contributed by atoms with Gasteiger partial charge in [0.2, 0.25) is 15.9 Å². The van der Waals surface area contributed by atoms with Gasteiger partial charge in [0, 0.05) is 23.2 Å². The number of hydrogen-bond donors (Lipinski definition) is 1. The van der Waals surface area contributed by atoms with Crippen molar-refractivity contribution in [1.29, 1.82) is 0 Å². The molecule has 0 unspecified atom stereocenters. The number of benzene rings is 1. The number of nitrogens with zero attached hydrogens (tertiary/aromatic N) is 1. The second-order valence-corrected chi connectivity index (χ2v) is 8.04. The van der Waals surface area contributed by atoms with Crippen molar-refractivity contribution in [2.75, 3.05) is 17.5 Å². The van der Waals surface area contributed by atoms with Crippen molar-refractivity contribution in [3.05, 3.63) is 58.3 Å². The Morgan fingerprint density at radius 3 is 2.50 bits per heavy atom. The summed E-state index contributed by atoms with van der Waals surface area (Å²) in [5.74, 6) is -0.0516. The molecule has 1 N–H and O–H groups in total. The Kier molecular flexibility index (Phi) is 6.16. The lowest BCUT2D eigenvalue weighted by molar-refractivity contribution is -0.126. The van der Waals surface area contributed by atoms with Crippen LogP contribution in [0.2, 0.25) is 0 Å². The predicted octanol–water partition coefficient (Wildman–Crippen LogP) is 3.18. The number of amides is 1. The van der Waals surface area contributed by atoms with Gasteiger partial charge in [0.1, 0.15) is 0 Å². The van der Waals surface area contributed by atoms with Gasteiger partial charge in [-0.3, -0.25) is 9.52 Å². The smallest absolute Gasteiger partial charge is 0.246 e. The Labute approximate surface area is 146 Å². The monoisotopic (exact) mass is 364 g/mol. The highest BCUT2D eigenvalue weighted by Crippen LogP contribution is 2.14. The summed E-state index contributed by atoms with van der Waals surface area (Å²) in [6, 6.07) is 10.8. The first-order valence-electron chi connectivity index (χ1n) is 7.44. The van der Waals surface area contributed by atoms with Crippen LogP contribution in [0.25, 0.3) is 6.08 Å². The molecule has 5 nitrogen and oxygen atoms in total. The zero-order valence-electron chi connectivity index (χ0n) is 13.6. The van der Waals surface area contributed by atoms with E-state index >= 15 is 0 Å². The van der Waals surface area contributed by atoms with Gasteiger partial charge in [-0.1, -0.05) is 18.2 Å². The van der Waals surface area contributed by atoms with Crippen LogP contribution in [0.1, 0.15) is 17.4 Å². The van der Waals surface area contributed by atoms with Gasteiger partial charge >= 0.3 is 0 Å². The molecular weight excluding hydrogens is 344 g/mol. The molecule has 7 heteroatoms. The van der Waals surface area contributed by atoms with Crippen molar-refractivity contribution < 1.29 is 13.2 Å². The van der Waals surface area contributed by atoms with Crippen LogP contribution in [0.3, 0.4) is 0 Å². The van der Waals surface area contributed by atoms with E-state index in [4.69, 9.17) is 0 Å². The molecule has 0 fully saturated rings. The molecular formula is C17H20N2O3S2. The lowest BCUT2D eigenvalue weighted by atomic mass is 10.2. The van der Waals surface area contributed by atoms with E-state index < -0.39 is 10.0 Å². The third kappa shape index (κ3) is 5.82. The average Bonchev–Trinajstić information content (AvgIpc) is 3.03. The standard InChI is InChI=1S/C17H20N2O3S2/c1-3-19(13-16-5-4-12-23-16)17(20)11-8-14-6-9-15(10-7-14)18-24(2,21)22/h4-12,18H,3,13H2,1-2H3/b11-8+. The van der Waals surface area contributed by atoms with Crippen molar-refractivity contribution in [3.8, 4) is 0 Å². The Hall–Kier alpha value is -2.12. The minimum Gasteiger partial charge on any atom is -0.334 e. The Bertz CT molecular complexity index is 795. The van der Waals surface area contributed by atoms with Crippen molar-refractivity contribution in [2.24, 2.45) is 0 Å². The maximum atomic E-state index is 12.3. The zero-order chi connectivity index (χ0) is 17.6. The molecule has 1 amide bonds. The summed E-state index contributed by atoms with van der Waals surface area (Å²) in [6.07, 6.45) is 4.37. The van der Waals surface area contributed by atoms with Crippen LogP contribution in [0, 0.1) is 0 Å². The van der Waals surface area contributed by atoms with E-state index in [1.807, 2.05) is 24.4 Å². The van der Waals surface area contributed by atoms with Gasteiger partial charge < -0.3 is 4.90 Å². The summed E-state index contributed by atoms with van der Waals surface area (Å²) < 4.78 is 24.7. The molecule has 0 aliphatic carbocycles. The Balaban J connectivity index is 1.99. The number of sulfonamides is 1. The van der Waals surface area contributed by atoms with Crippen LogP contribution in [0.4, 0.5) is 5.69 Å². The molecule has 0 aliphatic rings. The van der Waals surface area contributed by atoms with Gasteiger partial charge in [0.05, 0.1) is 12.8 Å². The molecule has 0 atom stereocenters. The van der Waals surface area contributed by atoms with E-state index in [-0.39, 0.29) is 5.91 Å². The van der Waals surface area contributed by atoms with Crippen LogP contribution in [0.5, 0.6) is 0 Å². The topological polar surface area (TPSA) is 66.5 Å². The second-order valence-electron chi connectivity index (χ2n) is 5.26. The lowest BCUT2D eigenvalue weighted by Gasteiger charge is -2.18. The van der Waals surface area contributed by atoms with Crippen LogP contribution in [-0.4, -0.2) is 32.0 Å². The van der Waals surface area contributed by atoms with Crippen LogP contribution < -0.4 is 4.72 Å². The Morgan fingerprint density at radius 2 is 1.96 bits per heavy atom. The molecule has 1 heterocycles. The maximum Gasteiger partial charge on any atom is 0.246 e. The molecule has 2 rings (SSSR count). The van der Waals surface area contributed by atoms with E-state index in [1.54, 1.807) is 46.6 Å². The maximum absolute atomic E-state index is 12.3. The molecule has 2 aromatic rings. The number of rotatable bonds is 7. The summed E-state index contributed by atoms with van der Waals surface area (Å²) in [5, 5.41) is 2.00. The molecule has 0 spiro atoms. The highest BCUT2D eigenvalue weighted by atomic mass is 32.2. The molecule has 0 saturated heterocycles. The highest BCUT2D eigenvalue weighted by molar-refractivity contribution is 7.92. The third-order valence-electron chi connectivity index (χ3n) is 3.25. The quantitative estimate of drug-likeness (QED) is 0.767. The van der Waals surface area contributed by atoms with Crippen LogP contribution in [0.15, 0.2) is 47.9 Å². The average molecular weight is 364 g/mol. The normalized spacial score (nSPS) is 11.6. The number of carbonyl (C=O) groups is 1. The lowest BCUT2D eigenvalue weighted by Crippen LogP contribution is -2.28. The van der Waals surface area contributed by atoms with E-state index in [1.165, 1.54) is 6.08 Å². The first-order chi connectivity index (χ1) is 11.4. The highest BCUT2D eigenvalue weighted by Gasteiger charge is 2.09. The fraction of sp³-hybridized carbons (Fsp3) is 0.235. The van der Waals surface area contributed by atoms with E-state index in [0.29, 0.717) is 18.8 Å². The largest absolute Gasteiger partial charge is 0.334 e. The van der Waals surface area contributed by atoms with Crippen molar-refractivity contribution in [2.45, 2.75) is 13.5 Å². The van der Waals surface area contributed by atoms with Crippen LogP contribution >= 0.6 is 11.3 Å². The molecule has 24 heavy (non-hydrogen) atoms. The minimum absolute atomic E-state index is 0.0516. The van der Waals surface area contributed by atoms with E-state index in [9.17, 15) is 13.2 Å². The minimum atomic E-state index is -3.28. The Morgan fingerprint density at radius 1 is 1.25 bits per heavy atom. The van der Waals surface area contributed by atoms with Gasteiger partial charge in [-0.25, -0.2) is 8.42 Å². The fourth-order valence-corrected chi connectivity index (χ4v) is 3.37. The molecule has 1 aromatic heterocycles. The predicted molar refractivity (Wildman–Crippen MR) is 99.4 cm³/mol. The van der Waals surface area contributed by atoms with Gasteiger partial charge in [0.15, 0.2) is 0 Å². The summed E-state index contributed by atoms with van der Waals surface area (Å²) in [6.45, 7) is 3.19. The molecule has 128 valence electrons. The van der Waals surface area contributed by atoms with Crippen molar-refractivity contribution in [3.63, 3.8) is 0 Å². The number of nitrogens with one attached hydrogen (secondary N) is 1. The number of anilines is 1. The van der Waals surface area contributed by atoms with Gasteiger partial charge in [-0.05, 0) is 42.1 Å². The van der Waals surface area contributed by atoms with Crippen LogP contribution in [-0.2, 0) is 21.4 Å². The van der Waals surface area contributed by atoms with Gasteiger partial charge in [-0.15, -0.1) is 11.3 Å². The number of hydrogen-bond acceptors (Lipinski definition) is 4. The number of thiophene rings is 1. The molecule has 0 radical (unpaired) electrons. The first kappa shape index (κ1) is 18.2. The summed E-state index contributed by atoms with van der Waals surface area (Å²) in [7, 11) is -3.28. The molecule has 0 bridgehead atoms. The van der Waals surface area contributed by atoms with Gasteiger partial charge in [0.25, 0.3) is 0 Å². The number of carbonyl (C=O) groups excluding carboxylic acids is 1. The first-order valence-corrected chi connectivity index (χ1v) is 10.2. The van der Waals surface area contributed by atoms with Crippen molar-refractivity contribution >= 4 is 39.0 Å². The van der Waals surface area contributed by atoms with Crippen molar-refractivity contribution in [1.82, 2.24) is 4.90 Å².